The molecule has 2 aromatic rings. The number of carbonyl (C=O) groups is 3. The molecule has 1 atom stereocenters. The van der Waals surface area contributed by atoms with Crippen LogP contribution in [0.5, 0.6) is 5.75 Å². The molecule has 3 rings (SSSR count). The van der Waals surface area contributed by atoms with Gasteiger partial charge in [0.15, 0.2) is 0 Å². The van der Waals surface area contributed by atoms with Crippen molar-refractivity contribution >= 4 is 17.8 Å². The Morgan fingerprint density at radius 2 is 1.71 bits per heavy atom. The number of carboxylic acids is 1. The van der Waals surface area contributed by atoms with Crippen molar-refractivity contribution in [3.63, 3.8) is 0 Å². The molecule has 1 aliphatic carbocycles. The second kappa shape index (κ2) is 8.12. The number of hydrogen-bond acceptors (Lipinski definition) is 4. The molecule has 0 spiro atoms. The van der Waals surface area contributed by atoms with Gasteiger partial charge in [-0.25, -0.2) is 0 Å². The largest absolute Gasteiger partial charge is 0.497 e. The number of carboxylic acid groups (broad SMARTS) is 1. The number of rotatable bonds is 8. The van der Waals surface area contributed by atoms with Gasteiger partial charge in [-0.2, -0.15) is 0 Å². The third-order valence-electron chi connectivity index (χ3n) is 4.93. The molecule has 0 aromatic heterocycles. The fourth-order valence-corrected chi connectivity index (χ4v) is 2.88. The molecule has 0 saturated heterocycles. The lowest BCUT2D eigenvalue weighted by atomic mass is 10.0. The average molecular weight is 382 g/mol. The number of amides is 2. The Balaban J connectivity index is 1.74. The Labute approximate surface area is 162 Å². The van der Waals surface area contributed by atoms with Crippen LogP contribution in [-0.4, -0.2) is 36.5 Å². The molecule has 0 bridgehead atoms. The molecular weight excluding hydrogens is 360 g/mol. The van der Waals surface area contributed by atoms with Gasteiger partial charge in [0.05, 0.1) is 12.5 Å². The molecule has 1 fully saturated rings. The third kappa shape index (κ3) is 4.31. The molecule has 7 nitrogen and oxygen atoms in total. The van der Waals surface area contributed by atoms with Crippen LogP contribution in [0.1, 0.15) is 34.8 Å². The van der Waals surface area contributed by atoms with Crippen LogP contribution in [0.2, 0.25) is 0 Å². The molecule has 2 amide bonds. The molecule has 1 saturated carbocycles. The number of hydrogen-bond donors (Lipinski definition) is 3. The summed E-state index contributed by atoms with van der Waals surface area (Å²) >= 11 is 0. The Kier molecular flexibility index (Phi) is 5.63. The molecule has 28 heavy (non-hydrogen) atoms. The van der Waals surface area contributed by atoms with E-state index in [9.17, 15) is 19.5 Å². The Bertz CT molecular complexity index is 860. The zero-order valence-electron chi connectivity index (χ0n) is 15.5. The van der Waals surface area contributed by atoms with E-state index in [1.165, 1.54) is 7.11 Å². The standard InChI is InChI=1S/C21H22N2O5/c1-28-16-9-7-15(8-10-16)18(24)23-17(14-5-3-2-4-6-14)19(25)22-13-21(11-12-21)20(26)27/h2-10,17H,11-13H2,1H3,(H,22,25)(H,23,24)(H,26,27). The van der Waals surface area contributed by atoms with Crippen LogP contribution < -0.4 is 15.4 Å². The van der Waals surface area contributed by atoms with Gasteiger partial charge in [-0.05, 0) is 42.7 Å². The van der Waals surface area contributed by atoms with Crippen LogP contribution in [0.25, 0.3) is 0 Å². The first kappa shape index (κ1) is 19.4. The Hall–Kier alpha value is -3.35. The number of nitrogens with one attached hydrogen (secondary N) is 2. The number of benzene rings is 2. The van der Waals surface area contributed by atoms with Crippen molar-refractivity contribution in [2.24, 2.45) is 5.41 Å². The Morgan fingerprint density at radius 3 is 2.25 bits per heavy atom. The van der Waals surface area contributed by atoms with Crippen molar-refractivity contribution < 1.29 is 24.2 Å². The summed E-state index contributed by atoms with van der Waals surface area (Å²) in [7, 11) is 1.54. The van der Waals surface area contributed by atoms with Crippen LogP contribution in [0.15, 0.2) is 54.6 Å². The van der Waals surface area contributed by atoms with E-state index >= 15 is 0 Å². The van der Waals surface area contributed by atoms with E-state index in [0.717, 1.165) is 0 Å². The smallest absolute Gasteiger partial charge is 0.311 e. The molecule has 146 valence electrons. The monoisotopic (exact) mass is 382 g/mol. The summed E-state index contributed by atoms with van der Waals surface area (Å²) in [4.78, 5) is 36.7. The van der Waals surface area contributed by atoms with Gasteiger partial charge < -0.3 is 20.5 Å². The van der Waals surface area contributed by atoms with Gasteiger partial charge in [0.25, 0.3) is 5.91 Å². The first-order valence-electron chi connectivity index (χ1n) is 8.96. The highest BCUT2D eigenvalue weighted by molar-refractivity contribution is 5.98. The lowest BCUT2D eigenvalue weighted by Gasteiger charge is -2.20. The lowest BCUT2D eigenvalue weighted by molar-refractivity contribution is -0.143. The van der Waals surface area contributed by atoms with Crippen molar-refractivity contribution in [3.8, 4) is 5.75 Å². The summed E-state index contributed by atoms with van der Waals surface area (Å²) in [6.07, 6.45) is 1.08. The predicted molar refractivity (Wildman–Crippen MR) is 102 cm³/mol. The van der Waals surface area contributed by atoms with Crippen molar-refractivity contribution in [1.29, 1.82) is 0 Å². The van der Waals surface area contributed by atoms with E-state index in [0.29, 0.717) is 29.7 Å². The van der Waals surface area contributed by atoms with E-state index < -0.39 is 29.2 Å². The van der Waals surface area contributed by atoms with Crippen molar-refractivity contribution in [2.75, 3.05) is 13.7 Å². The normalized spacial score (nSPS) is 15.2. The fraction of sp³-hybridized carbons (Fsp3) is 0.286. The summed E-state index contributed by atoms with van der Waals surface area (Å²) in [5.41, 5.74) is 0.123. The maximum absolute atomic E-state index is 12.8. The summed E-state index contributed by atoms with van der Waals surface area (Å²) in [5.74, 6) is -1.14. The topological polar surface area (TPSA) is 105 Å². The van der Waals surface area contributed by atoms with Gasteiger partial charge in [-0.1, -0.05) is 30.3 Å². The second-order valence-corrected chi connectivity index (χ2v) is 6.85. The van der Waals surface area contributed by atoms with Crippen molar-refractivity contribution in [2.45, 2.75) is 18.9 Å². The fourth-order valence-electron chi connectivity index (χ4n) is 2.88. The van der Waals surface area contributed by atoms with E-state index in [4.69, 9.17) is 4.74 Å². The average Bonchev–Trinajstić information content (AvgIpc) is 3.52. The van der Waals surface area contributed by atoms with E-state index in [1.807, 2.05) is 6.07 Å². The summed E-state index contributed by atoms with van der Waals surface area (Å²) in [6, 6.07) is 14.4. The molecule has 1 unspecified atom stereocenters. The zero-order valence-corrected chi connectivity index (χ0v) is 15.5. The van der Waals surface area contributed by atoms with Gasteiger partial charge in [-0.3, -0.25) is 14.4 Å². The molecule has 2 aromatic carbocycles. The maximum atomic E-state index is 12.8. The minimum Gasteiger partial charge on any atom is -0.497 e. The number of methoxy groups -OCH3 is 1. The van der Waals surface area contributed by atoms with Crippen LogP contribution in [0.3, 0.4) is 0 Å². The second-order valence-electron chi connectivity index (χ2n) is 6.85. The SMILES string of the molecule is COc1ccc(C(=O)NC(C(=O)NCC2(C(=O)O)CC2)c2ccccc2)cc1. The van der Waals surface area contributed by atoms with Gasteiger partial charge in [0.2, 0.25) is 5.91 Å². The number of aliphatic carboxylic acids is 1. The summed E-state index contributed by atoms with van der Waals surface area (Å²) in [6.45, 7) is 0.0446. The Morgan fingerprint density at radius 1 is 1.07 bits per heavy atom. The maximum Gasteiger partial charge on any atom is 0.311 e. The minimum absolute atomic E-state index is 0.0446. The molecule has 0 heterocycles. The van der Waals surface area contributed by atoms with Crippen molar-refractivity contribution in [1.82, 2.24) is 10.6 Å². The molecule has 3 N–H and O–H groups in total. The molecule has 7 heteroatoms. The van der Waals surface area contributed by atoms with Gasteiger partial charge in [0, 0.05) is 12.1 Å². The molecule has 0 radical (unpaired) electrons. The van der Waals surface area contributed by atoms with Crippen LogP contribution in [-0.2, 0) is 9.59 Å². The number of ether oxygens (including phenoxy) is 1. The lowest BCUT2D eigenvalue weighted by Crippen LogP contribution is -2.43. The highest BCUT2D eigenvalue weighted by Gasteiger charge is 2.50. The van der Waals surface area contributed by atoms with E-state index in [-0.39, 0.29) is 6.54 Å². The van der Waals surface area contributed by atoms with Crippen LogP contribution in [0, 0.1) is 5.41 Å². The first-order chi connectivity index (χ1) is 13.4. The minimum atomic E-state index is -0.930. The summed E-state index contributed by atoms with van der Waals surface area (Å²) in [5, 5.41) is 14.7. The third-order valence-corrected chi connectivity index (χ3v) is 4.93. The van der Waals surface area contributed by atoms with E-state index in [1.54, 1.807) is 48.5 Å². The molecular formula is C21H22N2O5. The van der Waals surface area contributed by atoms with Gasteiger partial charge in [-0.15, -0.1) is 0 Å². The van der Waals surface area contributed by atoms with E-state index in [2.05, 4.69) is 10.6 Å². The van der Waals surface area contributed by atoms with Gasteiger partial charge in [0.1, 0.15) is 11.8 Å². The summed E-state index contributed by atoms with van der Waals surface area (Å²) < 4.78 is 5.08. The quantitative estimate of drug-likeness (QED) is 0.649. The van der Waals surface area contributed by atoms with Crippen LogP contribution >= 0.6 is 0 Å². The highest BCUT2D eigenvalue weighted by Crippen LogP contribution is 2.45. The predicted octanol–water partition coefficient (Wildman–Crippen LogP) is 2.15. The first-order valence-corrected chi connectivity index (χ1v) is 8.96. The van der Waals surface area contributed by atoms with Crippen molar-refractivity contribution in [3.05, 3.63) is 65.7 Å². The number of carbonyl (C=O) groups excluding carboxylic acids is 2. The highest BCUT2D eigenvalue weighted by atomic mass is 16.5. The van der Waals surface area contributed by atoms with Crippen LogP contribution in [0.4, 0.5) is 0 Å². The zero-order chi connectivity index (χ0) is 20.1. The van der Waals surface area contributed by atoms with Gasteiger partial charge >= 0.3 is 5.97 Å². The molecule has 0 aliphatic heterocycles. The molecule has 1 aliphatic rings.